The number of hydrogen-bond donors (Lipinski definition) is 0. The number of carbonyl (C=O) groups excluding carboxylic acids is 1. The second-order valence-electron chi connectivity index (χ2n) is 5.76. The largest absolute Gasteiger partial charge is 0.385 e. The van der Waals surface area contributed by atoms with E-state index >= 15 is 0 Å². The van der Waals surface area contributed by atoms with Crippen molar-refractivity contribution < 1.29 is 9.53 Å². The Morgan fingerprint density at radius 1 is 1.48 bits per heavy atom. The molecule has 0 radical (unpaired) electrons. The highest BCUT2D eigenvalue weighted by Crippen LogP contribution is 2.22. The molecule has 0 spiro atoms. The molecule has 2 heterocycles. The van der Waals surface area contributed by atoms with E-state index in [4.69, 9.17) is 4.74 Å². The number of carbonyl (C=O) groups is 1. The van der Waals surface area contributed by atoms with Gasteiger partial charge in [0.1, 0.15) is 0 Å². The number of hydrogen-bond acceptors (Lipinski definition) is 3. The van der Waals surface area contributed by atoms with Gasteiger partial charge in [0.25, 0.3) is 11.5 Å². The topological polar surface area (TPSA) is 51.5 Å². The number of methoxy groups -OCH3 is 1. The summed E-state index contributed by atoms with van der Waals surface area (Å²) in [5.74, 6) is 0.522. The average Bonchev–Trinajstić information content (AvgIpc) is 2.50. The summed E-state index contributed by atoms with van der Waals surface area (Å²) < 4.78 is 6.56. The van der Waals surface area contributed by atoms with E-state index in [0.717, 1.165) is 39.0 Å². The maximum Gasteiger partial charge on any atom is 0.254 e. The van der Waals surface area contributed by atoms with Crippen molar-refractivity contribution in [1.29, 1.82) is 0 Å². The second kappa shape index (κ2) is 7.41. The molecule has 5 nitrogen and oxygen atoms in total. The molecule has 0 unspecified atom stereocenters. The van der Waals surface area contributed by atoms with E-state index in [1.807, 2.05) is 4.90 Å². The molecule has 1 fully saturated rings. The number of likely N-dealkylation sites (tertiary alicyclic amines) is 1. The predicted molar refractivity (Wildman–Crippen MR) is 81.4 cm³/mol. The highest BCUT2D eigenvalue weighted by atomic mass is 16.5. The van der Waals surface area contributed by atoms with Crippen molar-refractivity contribution in [1.82, 2.24) is 9.47 Å². The van der Waals surface area contributed by atoms with Crippen LogP contribution in [0.25, 0.3) is 0 Å². The third kappa shape index (κ3) is 4.17. The van der Waals surface area contributed by atoms with Crippen LogP contribution < -0.4 is 5.56 Å². The molecule has 1 aromatic rings. The van der Waals surface area contributed by atoms with Crippen LogP contribution >= 0.6 is 0 Å². The van der Waals surface area contributed by atoms with Crippen molar-refractivity contribution >= 4 is 5.91 Å². The molecule has 2 rings (SSSR count). The quantitative estimate of drug-likeness (QED) is 0.776. The van der Waals surface area contributed by atoms with Gasteiger partial charge in [-0.05, 0) is 37.7 Å². The standard InChI is InChI=1S/C16H24N2O3/c1-17-9-7-14(11-15(17)19)16(20)18-8-3-5-13(12-18)6-4-10-21-2/h7,9,11,13H,3-6,8,10,12H2,1-2H3/t13-/m1/s1. The Kier molecular flexibility index (Phi) is 5.56. The van der Waals surface area contributed by atoms with Gasteiger partial charge in [0, 0.05) is 51.7 Å². The minimum absolute atomic E-state index is 0.0239. The molecule has 5 heteroatoms. The van der Waals surface area contributed by atoms with E-state index in [1.165, 1.54) is 17.1 Å². The predicted octanol–water partition coefficient (Wildman–Crippen LogP) is 1.66. The molecule has 1 aliphatic heterocycles. The Bertz CT molecular complexity index is 539. The van der Waals surface area contributed by atoms with E-state index in [9.17, 15) is 9.59 Å². The molecule has 1 amide bonds. The molecule has 0 bridgehead atoms. The van der Waals surface area contributed by atoms with Crippen LogP contribution in [0.5, 0.6) is 0 Å². The third-order valence-electron chi connectivity index (χ3n) is 4.12. The van der Waals surface area contributed by atoms with E-state index in [1.54, 1.807) is 26.4 Å². The van der Waals surface area contributed by atoms with Crippen LogP contribution in [-0.4, -0.2) is 42.2 Å². The lowest BCUT2D eigenvalue weighted by Crippen LogP contribution is -2.40. The lowest BCUT2D eigenvalue weighted by molar-refractivity contribution is 0.0660. The fourth-order valence-electron chi connectivity index (χ4n) is 2.87. The Morgan fingerprint density at radius 3 is 3.00 bits per heavy atom. The smallest absolute Gasteiger partial charge is 0.254 e. The van der Waals surface area contributed by atoms with Crippen LogP contribution in [-0.2, 0) is 11.8 Å². The number of aromatic nitrogens is 1. The zero-order valence-electron chi connectivity index (χ0n) is 12.9. The van der Waals surface area contributed by atoms with Gasteiger partial charge in [-0.3, -0.25) is 9.59 Å². The van der Waals surface area contributed by atoms with Crippen LogP contribution in [0.15, 0.2) is 23.1 Å². The molecule has 116 valence electrons. The first-order chi connectivity index (χ1) is 10.1. The molecular formula is C16H24N2O3. The van der Waals surface area contributed by atoms with Gasteiger partial charge < -0.3 is 14.2 Å². The summed E-state index contributed by atoms with van der Waals surface area (Å²) >= 11 is 0. The Labute approximate surface area is 125 Å². The van der Waals surface area contributed by atoms with Gasteiger partial charge in [-0.1, -0.05) is 0 Å². The minimum Gasteiger partial charge on any atom is -0.385 e. The molecule has 1 saturated heterocycles. The normalized spacial score (nSPS) is 18.8. The summed E-state index contributed by atoms with van der Waals surface area (Å²) in [7, 11) is 3.40. The van der Waals surface area contributed by atoms with Gasteiger partial charge in [-0.2, -0.15) is 0 Å². The van der Waals surface area contributed by atoms with Crippen molar-refractivity contribution in [2.24, 2.45) is 13.0 Å². The fraction of sp³-hybridized carbons (Fsp3) is 0.625. The summed E-state index contributed by atoms with van der Waals surface area (Å²) in [5, 5.41) is 0. The number of aryl methyl sites for hydroxylation is 1. The summed E-state index contributed by atoms with van der Waals surface area (Å²) in [6.45, 7) is 2.35. The van der Waals surface area contributed by atoms with Crippen LogP contribution in [0.4, 0.5) is 0 Å². The van der Waals surface area contributed by atoms with Crippen molar-refractivity contribution in [3.05, 3.63) is 34.2 Å². The van der Waals surface area contributed by atoms with Gasteiger partial charge in [0.2, 0.25) is 0 Å². The number of piperidine rings is 1. The lowest BCUT2D eigenvalue weighted by Gasteiger charge is -2.33. The average molecular weight is 292 g/mol. The van der Waals surface area contributed by atoms with Crippen molar-refractivity contribution in [2.45, 2.75) is 25.7 Å². The molecule has 1 atom stereocenters. The first kappa shape index (κ1) is 15.8. The number of pyridine rings is 1. The number of nitrogens with zero attached hydrogens (tertiary/aromatic N) is 2. The van der Waals surface area contributed by atoms with E-state index in [0.29, 0.717) is 11.5 Å². The van der Waals surface area contributed by atoms with Gasteiger partial charge in [-0.15, -0.1) is 0 Å². The molecule has 0 aromatic carbocycles. The van der Waals surface area contributed by atoms with Crippen molar-refractivity contribution in [3.63, 3.8) is 0 Å². The first-order valence-electron chi connectivity index (χ1n) is 7.56. The highest BCUT2D eigenvalue weighted by molar-refractivity contribution is 5.94. The van der Waals surface area contributed by atoms with Crippen molar-refractivity contribution in [3.8, 4) is 0 Å². The van der Waals surface area contributed by atoms with Crippen LogP contribution in [0.2, 0.25) is 0 Å². The fourth-order valence-corrected chi connectivity index (χ4v) is 2.87. The molecular weight excluding hydrogens is 268 g/mol. The molecule has 1 aliphatic rings. The summed E-state index contributed by atoms with van der Waals surface area (Å²) in [6, 6.07) is 3.15. The molecule has 21 heavy (non-hydrogen) atoms. The number of ether oxygens (including phenoxy) is 1. The van der Waals surface area contributed by atoms with Crippen LogP contribution in [0.3, 0.4) is 0 Å². The third-order valence-corrected chi connectivity index (χ3v) is 4.12. The summed E-state index contributed by atoms with van der Waals surface area (Å²) in [4.78, 5) is 26.0. The molecule has 1 aromatic heterocycles. The lowest BCUT2D eigenvalue weighted by atomic mass is 9.93. The number of amides is 1. The first-order valence-corrected chi connectivity index (χ1v) is 7.56. The van der Waals surface area contributed by atoms with Crippen LogP contribution in [0.1, 0.15) is 36.0 Å². The minimum atomic E-state index is -0.144. The van der Waals surface area contributed by atoms with Crippen molar-refractivity contribution in [2.75, 3.05) is 26.8 Å². The molecule has 0 saturated carbocycles. The van der Waals surface area contributed by atoms with Gasteiger partial charge in [-0.25, -0.2) is 0 Å². The molecule has 0 aliphatic carbocycles. The SMILES string of the molecule is COCCC[C@H]1CCCN(C(=O)c2ccn(C)c(=O)c2)C1. The van der Waals surface area contributed by atoms with Gasteiger partial charge in [0.15, 0.2) is 0 Å². The Balaban J connectivity index is 1.98. The second-order valence-corrected chi connectivity index (χ2v) is 5.76. The number of rotatable bonds is 5. The zero-order valence-corrected chi connectivity index (χ0v) is 12.9. The van der Waals surface area contributed by atoms with Crippen LogP contribution in [0, 0.1) is 5.92 Å². The maximum atomic E-state index is 12.5. The summed E-state index contributed by atoms with van der Waals surface area (Å²) in [5.41, 5.74) is 0.352. The van der Waals surface area contributed by atoms with E-state index < -0.39 is 0 Å². The zero-order chi connectivity index (χ0) is 15.2. The van der Waals surface area contributed by atoms with E-state index in [-0.39, 0.29) is 11.5 Å². The maximum absolute atomic E-state index is 12.5. The summed E-state index contributed by atoms with van der Waals surface area (Å²) in [6.07, 6.45) is 5.98. The monoisotopic (exact) mass is 292 g/mol. The molecule has 0 N–H and O–H groups in total. The Hall–Kier alpha value is -1.62. The Morgan fingerprint density at radius 2 is 2.29 bits per heavy atom. The van der Waals surface area contributed by atoms with Gasteiger partial charge in [0.05, 0.1) is 0 Å². The highest BCUT2D eigenvalue weighted by Gasteiger charge is 2.24. The van der Waals surface area contributed by atoms with E-state index in [2.05, 4.69) is 0 Å². The van der Waals surface area contributed by atoms with Gasteiger partial charge >= 0.3 is 0 Å².